The van der Waals surface area contributed by atoms with Gasteiger partial charge in [-0.05, 0) is 18.4 Å². The standard InChI is InChI=1S/C15H18N4O2S2/c16-15(6-8-21-9-7-15)12(20)17-13-18-19-14(23-13)22-10-11-4-2-1-3-5-11/h1-5H,6-10,16H2,(H,17,18,20). The van der Waals surface area contributed by atoms with Gasteiger partial charge in [0.05, 0.1) is 0 Å². The molecule has 6 nitrogen and oxygen atoms in total. The lowest BCUT2D eigenvalue weighted by Gasteiger charge is -2.31. The maximum atomic E-state index is 12.3. The number of nitrogens with zero attached hydrogens (tertiary/aromatic N) is 2. The minimum atomic E-state index is -0.874. The van der Waals surface area contributed by atoms with Crippen molar-refractivity contribution in [3.8, 4) is 0 Å². The molecule has 0 radical (unpaired) electrons. The van der Waals surface area contributed by atoms with Crippen LogP contribution >= 0.6 is 23.1 Å². The number of hydrogen-bond donors (Lipinski definition) is 2. The monoisotopic (exact) mass is 350 g/mol. The molecule has 0 atom stereocenters. The molecule has 1 aliphatic heterocycles. The molecule has 3 rings (SSSR count). The molecule has 2 aromatic rings. The summed E-state index contributed by atoms with van der Waals surface area (Å²) in [4.78, 5) is 12.3. The van der Waals surface area contributed by atoms with Crippen molar-refractivity contribution < 1.29 is 9.53 Å². The molecule has 23 heavy (non-hydrogen) atoms. The molecule has 1 aromatic heterocycles. The van der Waals surface area contributed by atoms with Crippen molar-refractivity contribution in [1.82, 2.24) is 10.2 Å². The number of amides is 1. The zero-order valence-corrected chi connectivity index (χ0v) is 14.2. The highest BCUT2D eigenvalue weighted by Gasteiger charge is 2.36. The SMILES string of the molecule is NC1(C(=O)Nc2nnc(SCc3ccccc3)s2)CCOCC1. The Labute approximate surface area is 142 Å². The highest BCUT2D eigenvalue weighted by Crippen LogP contribution is 2.29. The van der Waals surface area contributed by atoms with E-state index >= 15 is 0 Å². The van der Waals surface area contributed by atoms with Gasteiger partial charge in [0.15, 0.2) is 4.34 Å². The molecule has 122 valence electrons. The molecular weight excluding hydrogens is 332 g/mol. The third kappa shape index (κ3) is 4.29. The van der Waals surface area contributed by atoms with Crippen LogP contribution in [0.2, 0.25) is 0 Å². The number of ether oxygens (including phenoxy) is 1. The van der Waals surface area contributed by atoms with E-state index in [0.717, 1.165) is 10.1 Å². The van der Waals surface area contributed by atoms with Crippen LogP contribution in [0.1, 0.15) is 18.4 Å². The Bertz CT molecular complexity index is 657. The minimum Gasteiger partial charge on any atom is -0.381 e. The van der Waals surface area contributed by atoms with E-state index in [1.54, 1.807) is 11.8 Å². The first-order valence-corrected chi connectivity index (χ1v) is 9.14. The van der Waals surface area contributed by atoms with Gasteiger partial charge in [0.1, 0.15) is 5.54 Å². The van der Waals surface area contributed by atoms with E-state index < -0.39 is 5.54 Å². The van der Waals surface area contributed by atoms with Gasteiger partial charge in [-0.1, -0.05) is 53.4 Å². The smallest absolute Gasteiger partial charge is 0.246 e. The molecule has 3 N–H and O–H groups in total. The molecule has 1 aliphatic rings. The van der Waals surface area contributed by atoms with Gasteiger partial charge in [-0.15, -0.1) is 10.2 Å². The average Bonchev–Trinajstić information content (AvgIpc) is 3.02. The first-order valence-electron chi connectivity index (χ1n) is 7.34. The van der Waals surface area contributed by atoms with Crippen molar-refractivity contribution in [3.63, 3.8) is 0 Å². The molecule has 1 amide bonds. The van der Waals surface area contributed by atoms with Crippen LogP contribution in [0.15, 0.2) is 34.7 Å². The van der Waals surface area contributed by atoms with Gasteiger partial charge in [-0.25, -0.2) is 0 Å². The van der Waals surface area contributed by atoms with Crippen molar-refractivity contribution in [1.29, 1.82) is 0 Å². The van der Waals surface area contributed by atoms with Crippen LogP contribution in [0.3, 0.4) is 0 Å². The summed E-state index contributed by atoms with van der Waals surface area (Å²) in [5, 5.41) is 11.4. The summed E-state index contributed by atoms with van der Waals surface area (Å²) in [6.45, 7) is 1.02. The quantitative estimate of drug-likeness (QED) is 0.635. The van der Waals surface area contributed by atoms with E-state index in [4.69, 9.17) is 10.5 Å². The van der Waals surface area contributed by atoms with E-state index in [9.17, 15) is 4.79 Å². The van der Waals surface area contributed by atoms with Crippen LogP contribution in [0.25, 0.3) is 0 Å². The number of benzene rings is 1. The predicted molar refractivity (Wildman–Crippen MR) is 91.5 cm³/mol. The molecule has 1 fully saturated rings. The molecule has 1 saturated heterocycles. The van der Waals surface area contributed by atoms with Gasteiger partial charge >= 0.3 is 0 Å². The minimum absolute atomic E-state index is 0.212. The van der Waals surface area contributed by atoms with E-state index in [1.807, 2.05) is 18.2 Å². The molecule has 2 heterocycles. The maximum absolute atomic E-state index is 12.3. The van der Waals surface area contributed by atoms with Crippen molar-refractivity contribution in [2.45, 2.75) is 28.5 Å². The van der Waals surface area contributed by atoms with Crippen molar-refractivity contribution in [2.75, 3.05) is 18.5 Å². The van der Waals surface area contributed by atoms with E-state index in [1.165, 1.54) is 16.9 Å². The molecule has 0 saturated carbocycles. The lowest BCUT2D eigenvalue weighted by Crippen LogP contribution is -2.54. The third-order valence-corrected chi connectivity index (χ3v) is 5.71. The second-order valence-corrected chi connectivity index (χ2v) is 7.57. The Hall–Kier alpha value is -1.48. The summed E-state index contributed by atoms with van der Waals surface area (Å²) in [7, 11) is 0. The number of nitrogens with one attached hydrogen (secondary N) is 1. The molecule has 8 heteroatoms. The Kier molecular flexibility index (Phi) is 5.27. The number of thioether (sulfide) groups is 1. The average molecular weight is 350 g/mol. The topological polar surface area (TPSA) is 90.1 Å². The van der Waals surface area contributed by atoms with Crippen LogP contribution in [-0.2, 0) is 15.3 Å². The molecule has 0 unspecified atom stereocenters. The van der Waals surface area contributed by atoms with E-state index in [-0.39, 0.29) is 5.91 Å². The summed E-state index contributed by atoms with van der Waals surface area (Å²) in [5.41, 5.74) is 6.50. The Morgan fingerprint density at radius 3 is 2.78 bits per heavy atom. The van der Waals surface area contributed by atoms with Gasteiger partial charge < -0.3 is 10.5 Å². The molecular formula is C15H18N4O2S2. The fraction of sp³-hybridized carbons (Fsp3) is 0.400. The molecule has 0 spiro atoms. The molecule has 1 aromatic carbocycles. The normalized spacial score (nSPS) is 16.9. The van der Waals surface area contributed by atoms with Crippen molar-refractivity contribution in [2.24, 2.45) is 5.73 Å². The molecule has 0 aliphatic carbocycles. The Balaban J connectivity index is 1.55. The summed E-state index contributed by atoms with van der Waals surface area (Å²) in [6.07, 6.45) is 1.04. The highest BCUT2D eigenvalue weighted by atomic mass is 32.2. The number of hydrogen-bond acceptors (Lipinski definition) is 7. The lowest BCUT2D eigenvalue weighted by atomic mass is 9.90. The predicted octanol–water partition coefficient (Wildman–Crippen LogP) is 2.28. The van der Waals surface area contributed by atoms with Gasteiger partial charge in [-0.2, -0.15) is 0 Å². The second-order valence-electron chi connectivity index (χ2n) is 5.37. The number of anilines is 1. The highest BCUT2D eigenvalue weighted by molar-refractivity contribution is 8.00. The summed E-state index contributed by atoms with van der Waals surface area (Å²) in [5.74, 6) is 0.609. The van der Waals surface area contributed by atoms with Crippen LogP contribution in [0.4, 0.5) is 5.13 Å². The third-order valence-electron chi connectivity index (χ3n) is 3.67. The first-order chi connectivity index (χ1) is 11.2. The van der Waals surface area contributed by atoms with Gasteiger partial charge in [0, 0.05) is 19.0 Å². The van der Waals surface area contributed by atoms with Crippen LogP contribution in [0, 0.1) is 0 Å². The Morgan fingerprint density at radius 1 is 1.30 bits per heavy atom. The van der Waals surface area contributed by atoms with Crippen molar-refractivity contribution in [3.05, 3.63) is 35.9 Å². The van der Waals surface area contributed by atoms with Gasteiger partial charge in [0.2, 0.25) is 11.0 Å². The van der Waals surface area contributed by atoms with Crippen LogP contribution < -0.4 is 11.1 Å². The summed E-state index contributed by atoms with van der Waals surface area (Å²) < 4.78 is 6.08. The number of carbonyl (C=O) groups is 1. The molecule has 0 bridgehead atoms. The number of carbonyl (C=O) groups excluding carboxylic acids is 1. The zero-order valence-electron chi connectivity index (χ0n) is 12.5. The van der Waals surface area contributed by atoms with Gasteiger partial charge in [-0.3, -0.25) is 10.1 Å². The van der Waals surface area contributed by atoms with Crippen molar-refractivity contribution >= 4 is 34.1 Å². The lowest BCUT2D eigenvalue weighted by molar-refractivity contribution is -0.124. The fourth-order valence-electron chi connectivity index (χ4n) is 2.22. The maximum Gasteiger partial charge on any atom is 0.246 e. The second kappa shape index (κ2) is 7.39. The van der Waals surface area contributed by atoms with E-state index in [2.05, 4.69) is 27.6 Å². The Morgan fingerprint density at radius 2 is 2.04 bits per heavy atom. The van der Waals surface area contributed by atoms with Crippen LogP contribution in [-0.4, -0.2) is 34.9 Å². The van der Waals surface area contributed by atoms with Gasteiger partial charge in [0.25, 0.3) is 0 Å². The number of aromatic nitrogens is 2. The zero-order chi connectivity index (χ0) is 16.1. The number of nitrogens with two attached hydrogens (primary N) is 1. The van der Waals surface area contributed by atoms with E-state index in [0.29, 0.717) is 31.2 Å². The van der Waals surface area contributed by atoms with Crippen LogP contribution in [0.5, 0.6) is 0 Å². The largest absolute Gasteiger partial charge is 0.381 e. The first kappa shape index (κ1) is 16.4. The summed E-state index contributed by atoms with van der Waals surface area (Å²) in [6, 6.07) is 10.2. The fourth-order valence-corrected chi connectivity index (χ4v) is 3.93. The summed E-state index contributed by atoms with van der Waals surface area (Å²) >= 11 is 2.96. The number of rotatable bonds is 5.